The van der Waals surface area contributed by atoms with Crippen molar-refractivity contribution in [2.75, 3.05) is 16.8 Å². The summed E-state index contributed by atoms with van der Waals surface area (Å²) in [5, 5.41) is 15.1. The first-order chi connectivity index (χ1) is 16.5. The van der Waals surface area contributed by atoms with E-state index in [-0.39, 0.29) is 18.5 Å². The van der Waals surface area contributed by atoms with Crippen LogP contribution >= 0.6 is 0 Å². The van der Waals surface area contributed by atoms with Crippen LogP contribution in [0.25, 0.3) is 5.70 Å². The molecule has 34 heavy (non-hydrogen) atoms. The quantitative estimate of drug-likeness (QED) is 0.480. The summed E-state index contributed by atoms with van der Waals surface area (Å²) in [6.07, 6.45) is 2.06. The highest BCUT2D eigenvalue weighted by atomic mass is 19.1. The number of amides is 1. The largest absolute Gasteiger partial charge is 0.324 e. The number of halogens is 1. The molecular formula is C26H23FN6O. The van der Waals surface area contributed by atoms with E-state index in [0.29, 0.717) is 11.6 Å². The summed E-state index contributed by atoms with van der Waals surface area (Å²) in [5.74, 6) is -0.272. The van der Waals surface area contributed by atoms with Gasteiger partial charge in [-0.15, -0.1) is 0 Å². The van der Waals surface area contributed by atoms with Crippen molar-refractivity contribution in [3.05, 3.63) is 107 Å². The van der Waals surface area contributed by atoms with Crippen LogP contribution in [0.5, 0.6) is 0 Å². The third kappa shape index (κ3) is 4.30. The molecule has 1 aliphatic heterocycles. The molecule has 1 aromatic heterocycles. The number of nitrogens with zero attached hydrogens (tertiary/aromatic N) is 5. The molecule has 1 aliphatic rings. The molecule has 4 aromatic rings. The third-order valence-electron chi connectivity index (χ3n) is 5.76. The Morgan fingerprint density at radius 1 is 1.00 bits per heavy atom. The number of aryl methyl sites for hydroxylation is 2. The summed E-state index contributed by atoms with van der Waals surface area (Å²) in [6.45, 7) is 4.02. The lowest BCUT2D eigenvalue weighted by Gasteiger charge is -2.32. The van der Waals surface area contributed by atoms with Crippen LogP contribution in [0.3, 0.4) is 0 Å². The molecule has 0 spiro atoms. The zero-order chi connectivity index (χ0) is 23.7. The summed E-state index contributed by atoms with van der Waals surface area (Å²) in [5.41, 5.74) is 5.48. The van der Waals surface area contributed by atoms with E-state index in [1.807, 2.05) is 38.1 Å². The lowest BCUT2D eigenvalue weighted by Crippen LogP contribution is -2.37. The van der Waals surface area contributed by atoms with Crippen molar-refractivity contribution in [1.82, 2.24) is 20.2 Å². The number of rotatable bonds is 5. The van der Waals surface area contributed by atoms with Crippen LogP contribution in [0, 0.1) is 19.7 Å². The Labute approximate surface area is 196 Å². The SMILES string of the molecule is Cc1ccc(C2=CC(c3ccc(C)cc3)n3nnnc3N2CC(=O)Nc2cccc(F)c2)cc1. The normalized spacial score (nSPS) is 15.0. The third-order valence-corrected chi connectivity index (χ3v) is 5.76. The second-order valence-corrected chi connectivity index (χ2v) is 8.34. The van der Waals surface area contributed by atoms with Gasteiger partial charge in [-0.3, -0.25) is 9.69 Å². The smallest absolute Gasteiger partial charge is 0.251 e. The first-order valence-corrected chi connectivity index (χ1v) is 10.9. The fourth-order valence-electron chi connectivity index (χ4n) is 4.01. The van der Waals surface area contributed by atoms with E-state index >= 15 is 0 Å². The van der Waals surface area contributed by atoms with Crippen molar-refractivity contribution in [2.24, 2.45) is 0 Å². The first-order valence-electron chi connectivity index (χ1n) is 10.9. The minimum absolute atomic E-state index is 0.0444. The second-order valence-electron chi connectivity index (χ2n) is 8.34. The lowest BCUT2D eigenvalue weighted by atomic mass is 9.99. The average Bonchev–Trinajstić information content (AvgIpc) is 3.31. The predicted octanol–water partition coefficient (Wildman–Crippen LogP) is 4.52. The molecule has 1 amide bonds. The van der Waals surface area contributed by atoms with Crippen LogP contribution in [-0.4, -0.2) is 32.7 Å². The van der Waals surface area contributed by atoms with Gasteiger partial charge < -0.3 is 5.32 Å². The van der Waals surface area contributed by atoms with Crippen LogP contribution < -0.4 is 10.2 Å². The number of allylic oxidation sites excluding steroid dienone is 1. The van der Waals surface area contributed by atoms with Crippen molar-refractivity contribution in [2.45, 2.75) is 19.9 Å². The van der Waals surface area contributed by atoms with Gasteiger partial charge in [0, 0.05) is 5.69 Å². The maximum Gasteiger partial charge on any atom is 0.251 e. The van der Waals surface area contributed by atoms with E-state index in [0.717, 1.165) is 28.0 Å². The molecule has 0 fully saturated rings. The molecule has 0 bridgehead atoms. The maximum atomic E-state index is 13.6. The van der Waals surface area contributed by atoms with Gasteiger partial charge in [0.05, 0.1) is 5.70 Å². The lowest BCUT2D eigenvalue weighted by molar-refractivity contribution is -0.114. The maximum absolute atomic E-state index is 13.6. The Morgan fingerprint density at radius 2 is 1.71 bits per heavy atom. The van der Waals surface area contributed by atoms with E-state index in [9.17, 15) is 9.18 Å². The molecular weight excluding hydrogens is 431 g/mol. The molecule has 0 aliphatic carbocycles. The van der Waals surface area contributed by atoms with Gasteiger partial charge in [-0.1, -0.05) is 70.8 Å². The summed E-state index contributed by atoms with van der Waals surface area (Å²) in [6, 6.07) is 21.9. The minimum atomic E-state index is -0.416. The van der Waals surface area contributed by atoms with Gasteiger partial charge in [0.2, 0.25) is 5.91 Å². The predicted molar refractivity (Wildman–Crippen MR) is 129 cm³/mol. The first kappa shape index (κ1) is 21.5. The number of anilines is 2. The molecule has 0 saturated carbocycles. The van der Waals surface area contributed by atoms with Crippen LogP contribution in [0.15, 0.2) is 78.9 Å². The summed E-state index contributed by atoms with van der Waals surface area (Å²) < 4.78 is 15.3. The fraction of sp³-hybridized carbons (Fsp3) is 0.154. The van der Waals surface area contributed by atoms with Crippen molar-refractivity contribution < 1.29 is 9.18 Å². The van der Waals surface area contributed by atoms with Crippen molar-refractivity contribution in [1.29, 1.82) is 0 Å². The van der Waals surface area contributed by atoms with Gasteiger partial charge >= 0.3 is 0 Å². The molecule has 5 rings (SSSR count). The molecule has 0 saturated heterocycles. The molecule has 1 atom stereocenters. The van der Waals surface area contributed by atoms with E-state index in [4.69, 9.17) is 0 Å². The van der Waals surface area contributed by atoms with Crippen molar-refractivity contribution in [3.63, 3.8) is 0 Å². The molecule has 8 heteroatoms. The highest BCUT2D eigenvalue weighted by molar-refractivity contribution is 5.97. The van der Waals surface area contributed by atoms with E-state index in [2.05, 4.69) is 51.2 Å². The number of aromatic nitrogens is 4. The highest BCUT2D eigenvalue weighted by Crippen LogP contribution is 2.36. The standard InChI is InChI=1S/C26H23FN6O/c1-17-6-10-19(11-7-17)23-15-24(20-12-8-18(2)9-13-20)33-26(29-30-31-33)32(23)16-25(34)28-22-5-3-4-21(27)14-22/h3-15,24H,16H2,1-2H3,(H,28,34). The van der Waals surface area contributed by atoms with E-state index < -0.39 is 5.82 Å². The number of fused-ring (bicyclic) bond motifs is 1. The molecule has 7 nitrogen and oxygen atoms in total. The van der Waals surface area contributed by atoms with Crippen molar-refractivity contribution in [3.8, 4) is 0 Å². The molecule has 170 valence electrons. The molecule has 3 aromatic carbocycles. The topological polar surface area (TPSA) is 75.9 Å². The molecule has 0 radical (unpaired) electrons. The number of nitrogens with one attached hydrogen (secondary N) is 1. The Balaban J connectivity index is 1.54. The van der Waals surface area contributed by atoms with E-state index in [1.54, 1.807) is 21.7 Å². The van der Waals surface area contributed by atoms with Gasteiger partial charge in [-0.2, -0.15) is 4.68 Å². The van der Waals surface area contributed by atoms with E-state index in [1.165, 1.54) is 12.1 Å². The summed E-state index contributed by atoms with van der Waals surface area (Å²) in [4.78, 5) is 14.7. The Bertz CT molecular complexity index is 1360. The van der Waals surface area contributed by atoms with Gasteiger partial charge in [-0.25, -0.2) is 4.39 Å². The number of carbonyl (C=O) groups is 1. The van der Waals surface area contributed by atoms with Crippen LogP contribution in [0.2, 0.25) is 0 Å². The highest BCUT2D eigenvalue weighted by Gasteiger charge is 2.32. The average molecular weight is 455 g/mol. The second kappa shape index (κ2) is 8.90. The van der Waals surface area contributed by atoms with Gasteiger partial charge in [0.25, 0.3) is 5.95 Å². The Morgan fingerprint density at radius 3 is 2.41 bits per heavy atom. The Kier molecular flexibility index (Phi) is 5.63. The number of benzene rings is 3. The molecule has 2 heterocycles. The summed E-state index contributed by atoms with van der Waals surface area (Å²) >= 11 is 0. The van der Waals surface area contributed by atoms with Crippen LogP contribution in [-0.2, 0) is 4.79 Å². The van der Waals surface area contributed by atoms with Gasteiger partial charge in [-0.05, 0) is 59.7 Å². The number of carbonyl (C=O) groups excluding carboxylic acids is 1. The number of hydrogen-bond donors (Lipinski definition) is 1. The van der Waals surface area contributed by atoms with Gasteiger partial charge in [0.1, 0.15) is 18.4 Å². The van der Waals surface area contributed by atoms with Crippen molar-refractivity contribution >= 4 is 23.2 Å². The molecule has 1 unspecified atom stereocenters. The summed E-state index contributed by atoms with van der Waals surface area (Å²) in [7, 11) is 0. The van der Waals surface area contributed by atoms with Crippen LogP contribution in [0.1, 0.15) is 28.3 Å². The Hall–Kier alpha value is -4.33. The zero-order valence-corrected chi connectivity index (χ0v) is 18.8. The number of hydrogen-bond acceptors (Lipinski definition) is 5. The fourth-order valence-corrected chi connectivity index (χ4v) is 4.01. The van der Waals surface area contributed by atoms with Gasteiger partial charge in [0.15, 0.2) is 0 Å². The monoisotopic (exact) mass is 454 g/mol. The minimum Gasteiger partial charge on any atom is -0.324 e. The molecule has 1 N–H and O–H groups in total. The van der Waals surface area contributed by atoms with Crippen LogP contribution in [0.4, 0.5) is 16.0 Å². The number of tetrazole rings is 1. The zero-order valence-electron chi connectivity index (χ0n) is 18.8.